The summed E-state index contributed by atoms with van der Waals surface area (Å²) in [6, 6.07) is 10.7. The highest BCUT2D eigenvalue weighted by molar-refractivity contribution is 7.52. The Morgan fingerprint density at radius 3 is 2.64 bits per heavy atom. The van der Waals surface area contributed by atoms with Crippen LogP contribution in [0.5, 0.6) is 5.75 Å². The molecule has 1 unspecified atom stereocenters. The van der Waals surface area contributed by atoms with Gasteiger partial charge in [0.2, 0.25) is 0 Å². The minimum atomic E-state index is -4.25. The molecule has 5 N–H and O–H groups in total. The lowest BCUT2D eigenvalue weighted by atomic mass is 9.89. The van der Waals surface area contributed by atoms with Crippen molar-refractivity contribution in [3.8, 4) is 5.75 Å². The number of rotatable bonds is 10. The first-order valence-electron chi connectivity index (χ1n) is 14.1. The Morgan fingerprint density at radius 1 is 1.21 bits per heavy atom. The molecule has 42 heavy (non-hydrogen) atoms. The molecule has 6 atom stereocenters. The molecule has 13 nitrogen and oxygen atoms in total. The highest BCUT2D eigenvalue weighted by Gasteiger charge is 2.54. The molecule has 0 radical (unpaired) electrons. The minimum Gasteiger partial charge on any atom is -0.461 e. The Balaban J connectivity index is 1.31. The summed E-state index contributed by atoms with van der Waals surface area (Å²) in [6.07, 6.45) is 0.767. The van der Waals surface area contributed by atoms with Crippen molar-refractivity contribution in [3.05, 3.63) is 54.5 Å². The van der Waals surface area contributed by atoms with Gasteiger partial charge in [0.1, 0.15) is 53.7 Å². The van der Waals surface area contributed by atoms with Gasteiger partial charge < -0.3 is 29.9 Å². The topological polar surface area (TPSA) is 180 Å². The first-order valence-corrected chi connectivity index (χ1v) is 15.6. The van der Waals surface area contributed by atoms with Crippen LogP contribution in [0, 0.1) is 5.92 Å². The standard InChI is InChI=1S/C28H38N5O8P/c1-17-9-11-19(12-10-17)39-27(36)18(2)32-42(37,41-20-7-5-4-6-8-20)38-15-28(3)25(35)23(34)24(40-28)21-13-14-22-26(29)30-16-31-33(21)22/h4-8,13-14,16-19,23-25,34-35H,9-12,15H2,1-3H3,(H,32,37)(H2,29,30,31)/t17-,18-,19-,23-,24-,25-,28+,42?/m0/s1. The fraction of sp³-hybridized carbons (Fsp3) is 0.536. The third-order valence-corrected chi connectivity index (χ3v) is 9.52. The van der Waals surface area contributed by atoms with Crippen molar-refractivity contribution in [1.82, 2.24) is 19.7 Å². The van der Waals surface area contributed by atoms with E-state index < -0.39 is 50.3 Å². The molecule has 0 amide bonds. The van der Waals surface area contributed by atoms with Crippen molar-refractivity contribution in [2.75, 3.05) is 12.3 Å². The molecule has 228 valence electrons. The number of carbonyl (C=O) groups is 1. The fourth-order valence-electron chi connectivity index (χ4n) is 5.33. The first kappa shape index (κ1) is 30.4. The van der Waals surface area contributed by atoms with Gasteiger partial charge in [0.05, 0.1) is 12.3 Å². The van der Waals surface area contributed by atoms with Crippen LogP contribution in [0.4, 0.5) is 5.82 Å². The van der Waals surface area contributed by atoms with Gasteiger partial charge >= 0.3 is 13.7 Å². The average Bonchev–Trinajstić information content (AvgIpc) is 3.49. The number of hydrogen-bond acceptors (Lipinski definition) is 11. The van der Waals surface area contributed by atoms with E-state index in [0.29, 0.717) is 17.1 Å². The summed E-state index contributed by atoms with van der Waals surface area (Å²) >= 11 is 0. The van der Waals surface area contributed by atoms with E-state index in [1.54, 1.807) is 42.5 Å². The van der Waals surface area contributed by atoms with Crippen molar-refractivity contribution in [1.29, 1.82) is 0 Å². The fourth-order valence-corrected chi connectivity index (χ4v) is 6.91. The number of hydrogen-bond donors (Lipinski definition) is 4. The Bertz CT molecular complexity index is 1430. The molecular formula is C28H38N5O8P. The van der Waals surface area contributed by atoms with Crippen molar-refractivity contribution in [2.45, 2.75) is 82.5 Å². The summed E-state index contributed by atoms with van der Waals surface area (Å²) in [5.74, 6) is 0.503. The van der Waals surface area contributed by atoms with Gasteiger partial charge in [0, 0.05) is 0 Å². The molecule has 0 spiro atoms. The number of fused-ring (bicyclic) bond motifs is 1. The zero-order valence-corrected chi connectivity index (χ0v) is 24.7. The molecule has 1 aliphatic carbocycles. The molecule has 1 saturated heterocycles. The van der Waals surface area contributed by atoms with Crippen LogP contribution in [0.15, 0.2) is 48.8 Å². The maximum absolute atomic E-state index is 14.0. The Labute approximate surface area is 243 Å². The molecule has 1 saturated carbocycles. The molecule has 3 aromatic rings. The number of nitrogens with zero attached hydrogens (tertiary/aromatic N) is 3. The number of aliphatic hydroxyl groups is 2. The number of anilines is 1. The van der Waals surface area contributed by atoms with Gasteiger partial charge in [-0.05, 0) is 69.7 Å². The van der Waals surface area contributed by atoms with E-state index in [-0.39, 0.29) is 17.7 Å². The summed E-state index contributed by atoms with van der Waals surface area (Å²) in [4.78, 5) is 16.9. The molecular weight excluding hydrogens is 565 g/mol. The second-order valence-electron chi connectivity index (χ2n) is 11.3. The number of benzene rings is 1. The van der Waals surface area contributed by atoms with Crippen molar-refractivity contribution < 1.29 is 38.1 Å². The lowest BCUT2D eigenvalue weighted by Gasteiger charge is -2.31. The highest BCUT2D eigenvalue weighted by atomic mass is 31.2. The molecule has 0 bridgehead atoms. The Hall–Kier alpha value is -3.06. The predicted molar refractivity (Wildman–Crippen MR) is 152 cm³/mol. The average molecular weight is 604 g/mol. The van der Waals surface area contributed by atoms with E-state index in [9.17, 15) is 19.6 Å². The van der Waals surface area contributed by atoms with Gasteiger partial charge in [0.15, 0.2) is 5.82 Å². The van der Waals surface area contributed by atoms with Crippen LogP contribution >= 0.6 is 7.75 Å². The number of esters is 1. The highest BCUT2D eigenvalue weighted by Crippen LogP contribution is 2.48. The van der Waals surface area contributed by atoms with Crippen LogP contribution in [0.2, 0.25) is 0 Å². The van der Waals surface area contributed by atoms with Crippen LogP contribution in [0.3, 0.4) is 0 Å². The smallest absolute Gasteiger partial charge is 0.459 e. The summed E-state index contributed by atoms with van der Waals surface area (Å²) < 4.78 is 38.9. The van der Waals surface area contributed by atoms with E-state index in [2.05, 4.69) is 22.1 Å². The lowest BCUT2D eigenvalue weighted by molar-refractivity contribution is -0.152. The third-order valence-electron chi connectivity index (χ3n) is 7.90. The maximum atomic E-state index is 14.0. The number of aliphatic hydroxyl groups excluding tert-OH is 2. The second kappa shape index (κ2) is 12.3. The summed E-state index contributed by atoms with van der Waals surface area (Å²) in [7, 11) is -4.25. The van der Waals surface area contributed by atoms with E-state index in [1.165, 1.54) is 24.7 Å². The molecule has 2 aromatic heterocycles. The number of nitrogen functional groups attached to an aromatic ring is 1. The van der Waals surface area contributed by atoms with Crippen LogP contribution in [0.1, 0.15) is 58.3 Å². The van der Waals surface area contributed by atoms with Crippen molar-refractivity contribution in [3.63, 3.8) is 0 Å². The van der Waals surface area contributed by atoms with Gasteiger partial charge in [-0.15, -0.1) is 0 Å². The predicted octanol–water partition coefficient (Wildman–Crippen LogP) is 3.17. The summed E-state index contributed by atoms with van der Waals surface area (Å²) in [6.45, 7) is 4.76. The van der Waals surface area contributed by atoms with Crippen molar-refractivity contribution >= 4 is 25.1 Å². The summed E-state index contributed by atoms with van der Waals surface area (Å²) in [5.41, 5.74) is 5.36. The van der Waals surface area contributed by atoms with Crippen LogP contribution in [-0.2, 0) is 23.4 Å². The minimum absolute atomic E-state index is 0.196. The van der Waals surface area contributed by atoms with Crippen LogP contribution in [0.25, 0.3) is 5.52 Å². The number of para-hydroxylation sites is 1. The molecule has 3 heterocycles. The van der Waals surface area contributed by atoms with Crippen molar-refractivity contribution in [2.24, 2.45) is 5.92 Å². The molecule has 1 aromatic carbocycles. The van der Waals surface area contributed by atoms with Gasteiger partial charge in [-0.2, -0.15) is 10.2 Å². The quantitative estimate of drug-likeness (QED) is 0.197. The molecule has 14 heteroatoms. The van der Waals surface area contributed by atoms with Crippen LogP contribution in [-0.4, -0.2) is 67.3 Å². The van der Waals surface area contributed by atoms with Gasteiger partial charge in [-0.25, -0.2) is 14.1 Å². The largest absolute Gasteiger partial charge is 0.461 e. The number of ether oxygens (including phenoxy) is 2. The maximum Gasteiger partial charge on any atom is 0.459 e. The molecule has 1 aliphatic heterocycles. The van der Waals surface area contributed by atoms with Gasteiger partial charge in [-0.1, -0.05) is 25.1 Å². The number of carbonyl (C=O) groups excluding carboxylic acids is 1. The zero-order chi connectivity index (χ0) is 30.1. The molecule has 2 fully saturated rings. The Kier molecular flexibility index (Phi) is 8.89. The van der Waals surface area contributed by atoms with E-state index >= 15 is 0 Å². The second-order valence-corrected chi connectivity index (χ2v) is 13.0. The summed E-state index contributed by atoms with van der Waals surface area (Å²) in [5, 5.41) is 28.8. The first-order chi connectivity index (χ1) is 20.0. The lowest BCUT2D eigenvalue weighted by Crippen LogP contribution is -2.45. The monoisotopic (exact) mass is 603 g/mol. The molecule has 2 aliphatic rings. The number of nitrogens with two attached hydrogens (primary N) is 1. The van der Waals surface area contributed by atoms with Gasteiger partial charge in [0.25, 0.3) is 0 Å². The molecule has 5 rings (SSSR count). The van der Waals surface area contributed by atoms with E-state index in [0.717, 1.165) is 25.7 Å². The third kappa shape index (κ3) is 6.46. The van der Waals surface area contributed by atoms with E-state index in [1.807, 2.05) is 0 Å². The number of aromatic nitrogens is 3. The number of nitrogens with one attached hydrogen (secondary N) is 1. The normalized spacial score (nSPS) is 30.1. The SMILES string of the molecule is C[C@H](NP(=O)(OC[C@@]1(C)O[C@@H](c2ccc3c(N)ncnn23)[C@H](O)[C@@H]1O)Oc1ccccc1)C(=O)O[C@H]1CC[C@H](C)CC1. The van der Waals surface area contributed by atoms with E-state index in [4.69, 9.17) is 24.3 Å². The zero-order valence-electron chi connectivity index (χ0n) is 23.8. The van der Waals surface area contributed by atoms with Gasteiger partial charge in [-0.3, -0.25) is 9.32 Å². The Morgan fingerprint density at radius 2 is 1.93 bits per heavy atom. The van der Waals surface area contributed by atoms with Crippen LogP contribution < -0.4 is 15.3 Å².